The summed E-state index contributed by atoms with van der Waals surface area (Å²) in [6.07, 6.45) is 4.37. The number of fused-ring (bicyclic) bond motifs is 3. The van der Waals surface area contributed by atoms with Crippen LogP contribution in [0.4, 0.5) is 4.39 Å². The number of pyridine rings is 2. The molecule has 0 unspecified atom stereocenters. The van der Waals surface area contributed by atoms with Gasteiger partial charge in [-0.1, -0.05) is 101 Å². The Bertz CT molecular complexity index is 1950. The zero-order valence-corrected chi connectivity index (χ0v) is 30.7. The summed E-state index contributed by atoms with van der Waals surface area (Å²) in [6, 6.07) is 30.0. The van der Waals surface area contributed by atoms with Crippen molar-refractivity contribution in [2.24, 2.45) is 5.41 Å². The van der Waals surface area contributed by atoms with Gasteiger partial charge in [0.2, 0.25) is 0 Å². The van der Waals surface area contributed by atoms with Crippen LogP contribution in [-0.4, -0.2) is 18.0 Å². The summed E-state index contributed by atoms with van der Waals surface area (Å²) < 4.78 is 28.2. The smallest absolute Gasteiger partial charge is 0.143 e. The van der Waals surface area contributed by atoms with Gasteiger partial charge in [0.25, 0.3) is 0 Å². The van der Waals surface area contributed by atoms with Crippen molar-refractivity contribution in [1.82, 2.24) is 9.97 Å². The normalized spacial score (nSPS) is 12.3. The Morgan fingerprint density at radius 1 is 0.889 bits per heavy atom. The van der Waals surface area contributed by atoms with Crippen molar-refractivity contribution in [3.8, 4) is 22.5 Å². The number of benzene rings is 3. The van der Waals surface area contributed by atoms with E-state index >= 15 is 0 Å². The van der Waals surface area contributed by atoms with Crippen molar-refractivity contribution >= 4 is 35.2 Å². The summed E-state index contributed by atoms with van der Waals surface area (Å²) in [5.41, 5.74) is 6.85. The molecule has 0 fully saturated rings. The van der Waals surface area contributed by atoms with Gasteiger partial charge in [-0.25, -0.2) is 4.39 Å². The molecule has 3 aromatic carbocycles. The van der Waals surface area contributed by atoms with Crippen LogP contribution >= 0.6 is 0 Å². The van der Waals surface area contributed by atoms with Gasteiger partial charge in [-0.15, -0.1) is 54.1 Å². The summed E-state index contributed by atoms with van der Waals surface area (Å²) in [7, 11) is -1.37. The number of halogens is 1. The molecule has 0 spiro atoms. The van der Waals surface area contributed by atoms with E-state index in [-0.39, 0.29) is 25.5 Å². The number of rotatable bonds is 5. The molecule has 3 heterocycles. The van der Waals surface area contributed by atoms with Crippen molar-refractivity contribution < 1.29 is 30.3 Å². The van der Waals surface area contributed by atoms with Crippen molar-refractivity contribution in [2.75, 3.05) is 0 Å². The van der Waals surface area contributed by atoms with Crippen molar-refractivity contribution in [3.63, 3.8) is 0 Å². The van der Waals surface area contributed by atoms with E-state index in [2.05, 4.69) is 75.9 Å². The van der Waals surface area contributed by atoms with Gasteiger partial charge in [0.15, 0.2) is 0 Å². The molecule has 45 heavy (non-hydrogen) atoms. The van der Waals surface area contributed by atoms with Crippen LogP contribution < -0.4 is 5.19 Å². The molecule has 0 aliphatic rings. The Hall–Kier alpha value is -3.44. The molecule has 3 nitrogen and oxygen atoms in total. The molecule has 6 rings (SSSR count). The summed E-state index contributed by atoms with van der Waals surface area (Å²) >= 11 is 0. The van der Waals surface area contributed by atoms with E-state index in [1.165, 1.54) is 10.8 Å². The van der Waals surface area contributed by atoms with Crippen molar-refractivity contribution in [3.05, 3.63) is 114 Å². The van der Waals surface area contributed by atoms with Gasteiger partial charge in [-0.2, -0.15) is 0 Å². The van der Waals surface area contributed by atoms with E-state index < -0.39 is 19.8 Å². The van der Waals surface area contributed by atoms with Crippen LogP contribution in [0.15, 0.2) is 89.6 Å². The molecule has 0 N–H and O–H groups in total. The summed E-state index contributed by atoms with van der Waals surface area (Å²) in [5, 5.41) is 3.47. The zero-order chi connectivity index (χ0) is 32.6. The fraction of sp³-hybridized carbons (Fsp3) is 0.282. The maximum Gasteiger partial charge on any atom is 0.143 e. The minimum atomic E-state index is -1.37. The molecule has 6 aromatic rings. The molecule has 0 atom stereocenters. The van der Waals surface area contributed by atoms with Gasteiger partial charge in [0.1, 0.15) is 11.4 Å². The van der Waals surface area contributed by atoms with Gasteiger partial charge < -0.3 is 14.4 Å². The minimum Gasteiger partial charge on any atom is -0.501 e. The molecule has 6 heteroatoms. The SMILES string of the molecule is CC(C)(C)Cc1cc(-c2[c-]cccc2)ncc1[Si](C)(C)C.[2H]C(C)(C)c1cc(-c2[c-]ccc3c2oc2ccccc23)ncc1F.[Ir]. The van der Waals surface area contributed by atoms with Crippen LogP contribution in [0.2, 0.25) is 19.6 Å². The molecule has 0 bridgehead atoms. The van der Waals surface area contributed by atoms with E-state index in [1.807, 2.05) is 54.6 Å². The Labute approximate surface area is 283 Å². The molecule has 0 saturated heterocycles. The molecule has 0 amide bonds. The standard InChI is InChI=1S/C20H15FNO.C19H26NSi.Ir/c1-12(2)16-10-18(22-11-17(16)21)15-8-5-7-14-13-6-3-4-9-19(13)23-20(14)15;1-19(2,3)13-16-12-17(15-10-8-7-9-11-15)20-14-18(16)21(4,5)6;/h3-7,9-12H,1-2H3;7-10,12,14H,13H2,1-6H3;/q2*-1;/i12D;;. The maximum atomic E-state index is 14.0. The summed E-state index contributed by atoms with van der Waals surface area (Å²) in [5.74, 6) is -1.53. The number of hydrogen-bond acceptors (Lipinski definition) is 3. The van der Waals surface area contributed by atoms with Gasteiger partial charge in [0, 0.05) is 33.1 Å². The minimum absolute atomic E-state index is 0. The molecule has 0 aliphatic carbocycles. The predicted octanol–water partition coefficient (Wildman–Crippen LogP) is 10.4. The predicted molar refractivity (Wildman–Crippen MR) is 184 cm³/mol. The molecule has 0 aliphatic heterocycles. The Kier molecular flexibility index (Phi) is 10.2. The molecule has 235 valence electrons. The first-order valence-corrected chi connectivity index (χ1v) is 18.6. The summed E-state index contributed by atoms with van der Waals surface area (Å²) in [6.45, 7) is 17.4. The van der Waals surface area contributed by atoms with Gasteiger partial charge in [0.05, 0.1) is 19.9 Å². The number of furan rings is 1. The van der Waals surface area contributed by atoms with Gasteiger partial charge in [-0.3, -0.25) is 0 Å². The van der Waals surface area contributed by atoms with E-state index in [0.29, 0.717) is 22.4 Å². The third-order valence-electron chi connectivity index (χ3n) is 7.49. The van der Waals surface area contributed by atoms with Gasteiger partial charge in [-0.05, 0) is 45.9 Å². The van der Waals surface area contributed by atoms with E-state index in [9.17, 15) is 4.39 Å². The first-order chi connectivity index (χ1) is 21.1. The second kappa shape index (κ2) is 13.9. The quantitative estimate of drug-likeness (QED) is 0.129. The first-order valence-electron chi connectivity index (χ1n) is 15.6. The third kappa shape index (κ3) is 8.05. The average molecular weight is 794 g/mol. The van der Waals surface area contributed by atoms with Crippen LogP contribution in [-0.2, 0) is 26.5 Å². The first kappa shape index (κ1) is 32.9. The fourth-order valence-electron chi connectivity index (χ4n) is 5.43. The van der Waals surface area contributed by atoms with Crippen LogP contribution in [0.3, 0.4) is 0 Å². The molecule has 0 saturated carbocycles. The number of para-hydroxylation sites is 1. The molecular weight excluding hydrogens is 752 g/mol. The molecule has 1 radical (unpaired) electrons. The van der Waals surface area contributed by atoms with Crippen molar-refractivity contribution in [2.45, 2.75) is 66.6 Å². The maximum absolute atomic E-state index is 14.0. The Morgan fingerprint density at radius 3 is 2.27 bits per heavy atom. The second-order valence-corrected chi connectivity index (χ2v) is 18.8. The van der Waals surface area contributed by atoms with Crippen LogP contribution in [0.5, 0.6) is 0 Å². The summed E-state index contributed by atoms with van der Waals surface area (Å²) in [4.78, 5) is 8.90. The van der Waals surface area contributed by atoms with Crippen LogP contribution in [0.25, 0.3) is 44.5 Å². The number of hydrogen-bond donors (Lipinski definition) is 0. The number of nitrogens with zero attached hydrogens (tertiary/aromatic N) is 2. The van der Waals surface area contributed by atoms with E-state index in [1.54, 1.807) is 19.9 Å². The van der Waals surface area contributed by atoms with E-state index in [4.69, 9.17) is 10.8 Å². The monoisotopic (exact) mass is 794 g/mol. The third-order valence-corrected chi connectivity index (χ3v) is 9.56. The zero-order valence-electron chi connectivity index (χ0n) is 28.3. The second-order valence-electron chi connectivity index (χ2n) is 13.7. The van der Waals surface area contributed by atoms with Crippen LogP contribution in [0, 0.1) is 23.4 Å². The topological polar surface area (TPSA) is 38.9 Å². The van der Waals surface area contributed by atoms with Crippen molar-refractivity contribution in [1.29, 1.82) is 0 Å². The Morgan fingerprint density at radius 2 is 1.60 bits per heavy atom. The van der Waals surface area contributed by atoms with E-state index in [0.717, 1.165) is 40.2 Å². The fourth-order valence-corrected chi connectivity index (χ4v) is 7.00. The Balaban J connectivity index is 0.000000207. The molecular formula is C39H41FIrN2OSi-2. The molecule has 3 aromatic heterocycles. The van der Waals surface area contributed by atoms with Crippen LogP contribution in [0.1, 0.15) is 53.0 Å². The largest absolute Gasteiger partial charge is 0.501 e. The van der Waals surface area contributed by atoms with Gasteiger partial charge >= 0.3 is 0 Å². The average Bonchev–Trinajstić information content (AvgIpc) is 3.35. The number of aromatic nitrogens is 2.